The molecule has 0 spiro atoms. The van der Waals surface area contributed by atoms with Crippen molar-refractivity contribution in [1.82, 2.24) is 20.1 Å². The van der Waals surface area contributed by atoms with Crippen molar-refractivity contribution in [3.8, 4) is 11.5 Å². The van der Waals surface area contributed by atoms with Crippen molar-refractivity contribution < 1.29 is 14.3 Å². The molecule has 0 saturated carbocycles. The number of nitrogens with zero attached hydrogens (tertiary/aromatic N) is 5. The minimum atomic E-state index is -0.0253. The number of piperazine rings is 1. The van der Waals surface area contributed by atoms with Gasteiger partial charge in [-0.25, -0.2) is 0 Å². The highest BCUT2D eigenvalue weighted by Crippen LogP contribution is 2.28. The number of ether oxygens (including phenoxy) is 2. The summed E-state index contributed by atoms with van der Waals surface area (Å²) in [5, 5.41) is 11.7. The lowest BCUT2D eigenvalue weighted by atomic mass is 10.1. The van der Waals surface area contributed by atoms with Gasteiger partial charge in [-0.3, -0.25) is 9.78 Å². The quantitative estimate of drug-likeness (QED) is 0.651. The SMILES string of the molecule is COc1ccc(C(=O)N2CCN(c3ccc(Nc4cccnc4)nn3)CC2)cc1OC. The summed E-state index contributed by atoms with van der Waals surface area (Å²) in [5.41, 5.74) is 1.43. The number of carbonyl (C=O) groups is 1. The summed E-state index contributed by atoms with van der Waals surface area (Å²) in [4.78, 5) is 20.9. The number of aromatic nitrogens is 3. The van der Waals surface area contributed by atoms with Gasteiger partial charge in [-0.2, -0.15) is 0 Å². The number of benzene rings is 1. The Morgan fingerprint density at radius 2 is 1.77 bits per heavy atom. The van der Waals surface area contributed by atoms with Gasteiger partial charge in [0.05, 0.1) is 26.1 Å². The Morgan fingerprint density at radius 1 is 0.968 bits per heavy atom. The Hall–Kier alpha value is -3.88. The second-order valence-corrected chi connectivity index (χ2v) is 6.99. The van der Waals surface area contributed by atoms with Gasteiger partial charge in [-0.05, 0) is 42.5 Å². The van der Waals surface area contributed by atoms with Crippen LogP contribution in [0.25, 0.3) is 0 Å². The average molecular weight is 420 g/mol. The number of anilines is 3. The zero-order valence-electron chi connectivity index (χ0n) is 17.5. The van der Waals surface area contributed by atoms with Gasteiger partial charge in [0.25, 0.3) is 5.91 Å². The molecule has 1 saturated heterocycles. The van der Waals surface area contributed by atoms with Gasteiger partial charge in [0.2, 0.25) is 0 Å². The lowest BCUT2D eigenvalue weighted by Crippen LogP contribution is -2.49. The summed E-state index contributed by atoms with van der Waals surface area (Å²) >= 11 is 0. The Morgan fingerprint density at radius 3 is 2.42 bits per heavy atom. The molecule has 3 heterocycles. The Balaban J connectivity index is 1.35. The standard InChI is InChI=1S/C22H24N6O3/c1-30-18-6-5-16(14-19(18)31-2)22(29)28-12-10-27(11-13-28)21-8-7-20(25-26-21)24-17-4-3-9-23-15-17/h3-9,14-15H,10-13H2,1-2H3,(H,24,25). The molecule has 31 heavy (non-hydrogen) atoms. The van der Waals surface area contributed by atoms with Crippen LogP contribution in [-0.4, -0.2) is 66.4 Å². The molecular weight excluding hydrogens is 396 g/mol. The number of hydrogen-bond donors (Lipinski definition) is 1. The molecule has 1 N–H and O–H groups in total. The molecule has 1 aromatic carbocycles. The highest BCUT2D eigenvalue weighted by Gasteiger charge is 2.24. The number of carbonyl (C=O) groups excluding carboxylic acids is 1. The summed E-state index contributed by atoms with van der Waals surface area (Å²) in [7, 11) is 3.13. The van der Waals surface area contributed by atoms with Crippen LogP contribution in [0.5, 0.6) is 11.5 Å². The number of hydrogen-bond acceptors (Lipinski definition) is 8. The minimum absolute atomic E-state index is 0.0253. The fraction of sp³-hybridized carbons (Fsp3) is 0.273. The number of methoxy groups -OCH3 is 2. The van der Waals surface area contributed by atoms with E-state index in [-0.39, 0.29) is 5.91 Å². The molecule has 1 aliphatic rings. The molecule has 1 fully saturated rings. The van der Waals surface area contributed by atoms with E-state index in [2.05, 4.69) is 25.4 Å². The van der Waals surface area contributed by atoms with Crippen molar-refractivity contribution >= 4 is 23.2 Å². The van der Waals surface area contributed by atoms with Crippen LogP contribution in [0.15, 0.2) is 54.9 Å². The molecule has 1 aliphatic heterocycles. The Kier molecular flexibility index (Phi) is 6.11. The highest BCUT2D eigenvalue weighted by molar-refractivity contribution is 5.95. The zero-order valence-corrected chi connectivity index (χ0v) is 17.5. The maximum absolute atomic E-state index is 12.9. The van der Waals surface area contributed by atoms with Crippen LogP contribution in [0.2, 0.25) is 0 Å². The summed E-state index contributed by atoms with van der Waals surface area (Å²) in [6.45, 7) is 2.57. The van der Waals surface area contributed by atoms with Crippen LogP contribution in [-0.2, 0) is 0 Å². The molecule has 2 aromatic heterocycles. The molecule has 9 heteroatoms. The normalized spacial score (nSPS) is 13.6. The van der Waals surface area contributed by atoms with E-state index >= 15 is 0 Å². The third kappa shape index (κ3) is 4.66. The van der Waals surface area contributed by atoms with Crippen LogP contribution in [0.1, 0.15) is 10.4 Å². The third-order valence-electron chi connectivity index (χ3n) is 5.11. The molecule has 3 aromatic rings. The van der Waals surface area contributed by atoms with Crippen molar-refractivity contribution in [1.29, 1.82) is 0 Å². The highest BCUT2D eigenvalue weighted by atomic mass is 16.5. The van der Waals surface area contributed by atoms with Crippen LogP contribution in [0.4, 0.5) is 17.3 Å². The van der Waals surface area contributed by atoms with Crippen molar-refractivity contribution in [2.75, 3.05) is 50.6 Å². The fourth-order valence-electron chi connectivity index (χ4n) is 3.44. The first-order valence-electron chi connectivity index (χ1n) is 9.95. The number of rotatable bonds is 6. The fourth-order valence-corrected chi connectivity index (χ4v) is 3.44. The summed E-state index contributed by atoms with van der Waals surface area (Å²) in [5.74, 6) is 2.56. The van der Waals surface area contributed by atoms with Crippen molar-refractivity contribution in [3.05, 3.63) is 60.4 Å². The largest absolute Gasteiger partial charge is 0.493 e. The van der Waals surface area contributed by atoms with Gasteiger partial charge >= 0.3 is 0 Å². The molecule has 0 radical (unpaired) electrons. The minimum Gasteiger partial charge on any atom is -0.493 e. The molecular formula is C22H24N6O3. The molecule has 0 unspecified atom stereocenters. The zero-order chi connectivity index (χ0) is 21.6. The van der Waals surface area contributed by atoms with E-state index in [0.717, 1.165) is 11.5 Å². The number of nitrogens with one attached hydrogen (secondary N) is 1. The van der Waals surface area contributed by atoms with E-state index in [4.69, 9.17) is 9.47 Å². The summed E-state index contributed by atoms with van der Waals surface area (Å²) < 4.78 is 10.6. The lowest BCUT2D eigenvalue weighted by molar-refractivity contribution is 0.0746. The summed E-state index contributed by atoms with van der Waals surface area (Å²) in [6.07, 6.45) is 3.44. The average Bonchev–Trinajstić information content (AvgIpc) is 2.84. The van der Waals surface area contributed by atoms with E-state index in [1.165, 1.54) is 0 Å². The van der Waals surface area contributed by atoms with Crippen molar-refractivity contribution in [2.24, 2.45) is 0 Å². The van der Waals surface area contributed by atoms with E-state index in [9.17, 15) is 4.79 Å². The van der Waals surface area contributed by atoms with E-state index < -0.39 is 0 Å². The molecule has 9 nitrogen and oxygen atoms in total. The predicted octanol–water partition coefficient (Wildman–Crippen LogP) is 2.59. The first kappa shape index (κ1) is 20.4. The van der Waals surface area contributed by atoms with Crippen LogP contribution < -0.4 is 19.7 Å². The number of pyridine rings is 1. The second kappa shape index (κ2) is 9.29. The smallest absolute Gasteiger partial charge is 0.254 e. The van der Waals surface area contributed by atoms with Gasteiger partial charge in [0, 0.05) is 37.9 Å². The number of amides is 1. The predicted molar refractivity (Wildman–Crippen MR) is 117 cm³/mol. The van der Waals surface area contributed by atoms with Crippen LogP contribution in [0.3, 0.4) is 0 Å². The van der Waals surface area contributed by atoms with Gasteiger partial charge in [0.1, 0.15) is 0 Å². The van der Waals surface area contributed by atoms with Crippen LogP contribution in [0, 0.1) is 0 Å². The maximum Gasteiger partial charge on any atom is 0.254 e. The first-order chi connectivity index (χ1) is 15.2. The second-order valence-electron chi connectivity index (χ2n) is 6.99. The van der Waals surface area contributed by atoms with Crippen LogP contribution >= 0.6 is 0 Å². The van der Waals surface area contributed by atoms with Crippen molar-refractivity contribution in [3.63, 3.8) is 0 Å². The molecule has 0 bridgehead atoms. The summed E-state index contributed by atoms with van der Waals surface area (Å²) in [6, 6.07) is 12.8. The molecule has 4 rings (SSSR count). The van der Waals surface area contributed by atoms with Gasteiger partial charge in [-0.15, -0.1) is 10.2 Å². The topological polar surface area (TPSA) is 92.7 Å². The van der Waals surface area contributed by atoms with Gasteiger partial charge < -0.3 is 24.6 Å². The van der Waals surface area contributed by atoms with Gasteiger partial charge in [-0.1, -0.05) is 0 Å². The van der Waals surface area contributed by atoms with E-state index in [0.29, 0.717) is 49.1 Å². The lowest BCUT2D eigenvalue weighted by Gasteiger charge is -2.35. The Bertz CT molecular complexity index is 1020. The molecule has 0 aliphatic carbocycles. The Labute approximate surface area is 180 Å². The van der Waals surface area contributed by atoms with Crippen molar-refractivity contribution in [2.45, 2.75) is 0 Å². The third-order valence-corrected chi connectivity index (χ3v) is 5.11. The van der Waals surface area contributed by atoms with E-state index in [1.807, 2.05) is 29.2 Å². The molecule has 0 atom stereocenters. The monoisotopic (exact) mass is 420 g/mol. The molecule has 1 amide bonds. The van der Waals surface area contributed by atoms with Gasteiger partial charge in [0.15, 0.2) is 23.1 Å². The van der Waals surface area contributed by atoms with E-state index in [1.54, 1.807) is 44.8 Å². The molecule has 160 valence electrons. The maximum atomic E-state index is 12.9. The first-order valence-corrected chi connectivity index (χ1v) is 9.95.